The quantitative estimate of drug-likeness (QED) is 0.618. The van der Waals surface area contributed by atoms with Crippen LogP contribution in [0.2, 0.25) is 0 Å². The third-order valence-electron chi connectivity index (χ3n) is 6.07. The van der Waals surface area contributed by atoms with E-state index >= 15 is 0 Å². The summed E-state index contributed by atoms with van der Waals surface area (Å²) < 4.78 is 0. The maximum Gasteiger partial charge on any atom is 0.284 e. The first-order valence-corrected chi connectivity index (χ1v) is 10.8. The van der Waals surface area contributed by atoms with Crippen molar-refractivity contribution in [3.05, 3.63) is 71.8 Å². The van der Waals surface area contributed by atoms with Crippen molar-refractivity contribution in [2.45, 2.75) is 33.7 Å². The van der Waals surface area contributed by atoms with E-state index in [1.807, 2.05) is 88.2 Å². The number of likely N-dealkylation sites (N-methyl/N-ethyl adjacent to an activating group) is 2. The number of anilines is 2. The zero-order valence-corrected chi connectivity index (χ0v) is 19.0. The molecular weight excluding hydrogens is 386 g/mol. The van der Waals surface area contributed by atoms with Gasteiger partial charge in [0.05, 0.1) is 12.7 Å². The fourth-order valence-electron chi connectivity index (χ4n) is 3.82. The maximum atomic E-state index is 13.4. The zero-order chi connectivity index (χ0) is 22.5. The van der Waals surface area contributed by atoms with Crippen LogP contribution >= 0.6 is 0 Å². The van der Waals surface area contributed by atoms with E-state index in [0.717, 1.165) is 38.2 Å². The molecule has 0 aliphatic heterocycles. The first kappa shape index (κ1) is 22.5. The Kier molecular flexibility index (Phi) is 7.08. The van der Waals surface area contributed by atoms with E-state index in [9.17, 15) is 9.59 Å². The molecule has 0 radical (unpaired) electrons. The average Bonchev–Trinajstić information content (AvgIpc) is 2.77. The van der Waals surface area contributed by atoms with E-state index < -0.39 is 0 Å². The highest BCUT2D eigenvalue weighted by Gasteiger charge is 2.29. The van der Waals surface area contributed by atoms with Crippen LogP contribution in [0.4, 0.5) is 11.4 Å². The average molecular weight is 419 g/mol. The lowest BCUT2D eigenvalue weighted by Gasteiger charge is -2.28. The molecule has 0 fully saturated rings. The van der Waals surface area contributed by atoms with Crippen molar-refractivity contribution >= 4 is 34.0 Å². The van der Waals surface area contributed by atoms with Crippen LogP contribution in [0.1, 0.15) is 25.0 Å². The number of rotatable bonds is 7. The molecule has 0 aromatic heterocycles. The van der Waals surface area contributed by atoms with Gasteiger partial charge in [0.15, 0.2) is 12.6 Å². The van der Waals surface area contributed by atoms with E-state index in [0.29, 0.717) is 6.54 Å². The Morgan fingerprint density at radius 3 is 2.42 bits per heavy atom. The van der Waals surface area contributed by atoms with E-state index in [1.54, 1.807) is 0 Å². The molecule has 162 valence electrons. The molecule has 0 heterocycles. The molecule has 3 rings (SSSR count). The van der Waals surface area contributed by atoms with E-state index in [4.69, 9.17) is 0 Å². The van der Waals surface area contributed by atoms with Gasteiger partial charge in [-0.05, 0) is 56.3 Å². The second-order valence-electron chi connectivity index (χ2n) is 8.12. The monoisotopic (exact) mass is 418 g/mol. The number of aryl methyl sites for hydroxylation is 1. The van der Waals surface area contributed by atoms with Crippen LogP contribution in [-0.4, -0.2) is 38.0 Å². The molecule has 1 unspecified atom stereocenters. The molecule has 3 aromatic carbocycles. The highest BCUT2D eigenvalue weighted by molar-refractivity contribution is 6.05. The number of hydrogen-bond donors (Lipinski definition) is 2. The lowest BCUT2D eigenvalue weighted by atomic mass is 10.1. The summed E-state index contributed by atoms with van der Waals surface area (Å²) in [5.74, 6) is -0.0880. The minimum atomic E-state index is -0.358. The second kappa shape index (κ2) is 9.75. The standard InChI is InChI=1S/C26H31N3O2/c1-6-29(24-16-10-13-21-12-7-8-14-22(21)24)26(31)20(4)28(5)17-25(30)27-23-15-9-11-18(2)19(23)3/h7-16,20H,6,17H2,1-5H3,(H,27,30)/p+1/t20-/m0/s1. The van der Waals surface area contributed by atoms with Crippen LogP contribution < -0.4 is 15.1 Å². The molecule has 0 saturated heterocycles. The van der Waals surface area contributed by atoms with Crippen molar-refractivity contribution in [2.75, 3.05) is 30.4 Å². The molecule has 0 aliphatic rings. The van der Waals surface area contributed by atoms with Crippen LogP contribution in [0.3, 0.4) is 0 Å². The van der Waals surface area contributed by atoms with Gasteiger partial charge in [-0.15, -0.1) is 0 Å². The van der Waals surface area contributed by atoms with Crippen LogP contribution in [-0.2, 0) is 9.59 Å². The minimum absolute atomic E-state index is 0.0101. The second-order valence-corrected chi connectivity index (χ2v) is 8.12. The summed E-state index contributed by atoms with van der Waals surface area (Å²) in [7, 11) is 1.89. The summed E-state index contributed by atoms with van der Waals surface area (Å²) >= 11 is 0. The normalized spacial score (nSPS) is 12.9. The molecule has 0 spiro atoms. The van der Waals surface area contributed by atoms with E-state index in [-0.39, 0.29) is 24.4 Å². The SMILES string of the molecule is CCN(C(=O)[C@H](C)[NH+](C)CC(=O)Nc1cccc(C)c1C)c1cccc2ccccc12. The van der Waals surface area contributed by atoms with Gasteiger partial charge in [0, 0.05) is 17.6 Å². The van der Waals surface area contributed by atoms with Gasteiger partial charge < -0.3 is 15.1 Å². The number of carbonyl (C=O) groups excluding carboxylic acids is 2. The molecule has 2 N–H and O–H groups in total. The number of fused-ring (bicyclic) bond motifs is 1. The Labute approximate surface area is 184 Å². The zero-order valence-electron chi connectivity index (χ0n) is 19.0. The van der Waals surface area contributed by atoms with Crippen molar-refractivity contribution in [3.8, 4) is 0 Å². The summed E-state index contributed by atoms with van der Waals surface area (Å²) in [4.78, 5) is 28.7. The van der Waals surface area contributed by atoms with Gasteiger partial charge in [-0.25, -0.2) is 0 Å². The molecule has 5 nitrogen and oxygen atoms in total. The Morgan fingerprint density at radius 2 is 1.68 bits per heavy atom. The first-order valence-electron chi connectivity index (χ1n) is 10.8. The van der Waals surface area contributed by atoms with E-state index in [1.165, 1.54) is 0 Å². The van der Waals surface area contributed by atoms with Crippen molar-refractivity contribution in [1.29, 1.82) is 0 Å². The molecule has 2 atom stereocenters. The highest BCUT2D eigenvalue weighted by atomic mass is 16.2. The van der Waals surface area contributed by atoms with Crippen molar-refractivity contribution in [2.24, 2.45) is 0 Å². The summed E-state index contributed by atoms with van der Waals surface area (Å²) in [6.07, 6.45) is 0. The predicted octanol–water partition coefficient (Wildman–Crippen LogP) is 3.35. The van der Waals surface area contributed by atoms with Crippen LogP contribution in [0, 0.1) is 13.8 Å². The fraction of sp³-hybridized carbons (Fsp3) is 0.308. The third kappa shape index (κ3) is 4.94. The first-order chi connectivity index (χ1) is 14.8. The number of hydrogen-bond acceptors (Lipinski definition) is 2. The van der Waals surface area contributed by atoms with Crippen molar-refractivity contribution in [3.63, 3.8) is 0 Å². The smallest absolute Gasteiger partial charge is 0.284 e. The van der Waals surface area contributed by atoms with Gasteiger partial charge in [-0.3, -0.25) is 9.59 Å². The van der Waals surface area contributed by atoms with Gasteiger partial charge in [0.1, 0.15) is 0 Å². The summed E-state index contributed by atoms with van der Waals surface area (Å²) in [6, 6.07) is 19.6. The van der Waals surface area contributed by atoms with Crippen LogP contribution in [0.15, 0.2) is 60.7 Å². The molecule has 2 amide bonds. The van der Waals surface area contributed by atoms with Gasteiger partial charge in [0.2, 0.25) is 0 Å². The molecule has 0 aliphatic carbocycles. The Hall–Kier alpha value is -3.18. The van der Waals surface area contributed by atoms with Crippen LogP contribution in [0.25, 0.3) is 10.8 Å². The summed E-state index contributed by atoms with van der Waals surface area (Å²) in [5, 5.41) is 5.15. The lowest BCUT2D eigenvalue weighted by molar-refractivity contribution is -0.885. The number of carbonyl (C=O) groups is 2. The number of amides is 2. The van der Waals surface area contributed by atoms with Crippen LogP contribution in [0.5, 0.6) is 0 Å². The van der Waals surface area contributed by atoms with Gasteiger partial charge in [-0.2, -0.15) is 0 Å². The summed E-state index contributed by atoms with van der Waals surface area (Å²) in [6.45, 7) is 8.67. The molecular formula is C26H32N3O2+. The third-order valence-corrected chi connectivity index (χ3v) is 6.07. The number of benzene rings is 3. The van der Waals surface area contributed by atoms with Gasteiger partial charge in [-0.1, -0.05) is 48.5 Å². The van der Waals surface area contributed by atoms with Gasteiger partial charge >= 0.3 is 0 Å². The molecule has 31 heavy (non-hydrogen) atoms. The molecule has 0 saturated carbocycles. The molecule has 3 aromatic rings. The molecule has 0 bridgehead atoms. The van der Waals surface area contributed by atoms with E-state index in [2.05, 4.69) is 17.4 Å². The fourth-order valence-corrected chi connectivity index (χ4v) is 3.82. The number of nitrogens with one attached hydrogen (secondary N) is 2. The predicted molar refractivity (Wildman–Crippen MR) is 128 cm³/mol. The maximum absolute atomic E-state index is 13.4. The van der Waals surface area contributed by atoms with Crippen molar-refractivity contribution < 1.29 is 14.5 Å². The Bertz CT molecular complexity index is 1090. The highest BCUT2D eigenvalue weighted by Crippen LogP contribution is 2.27. The largest absolute Gasteiger partial charge is 0.321 e. The molecule has 5 heteroatoms. The topological polar surface area (TPSA) is 53.9 Å². The Balaban J connectivity index is 1.73. The Morgan fingerprint density at radius 1 is 1.00 bits per heavy atom. The van der Waals surface area contributed by atoms with Crippen molar-refractivity contribution in [1.82, 2.24) is 0 Å². The minimum Gasteiger partial charge on any atom is -0.321 e. The number of nitrogens with zero attached hydrogens (tertiary/aromatic N) is 1. The lowest BCUT2D eigenvalue weighted by Crippen LogP contribution is -3.15. The number of quaternary nitrogens is 1. The summed E-state index contributed by atoms with van der Waals surface area (Å²) in [5.41, 5.74) is 3.93. The van der Waals surface area contributed by atoms with Gasteiger partial charge in [0.25, 0.3) is 11.8 Å².